The Kier molecular flexibility index (Phi) is 6.88. The van der Waals surface area contributed by atoms with Crippen molar-refractivity contribution in [1.29, 1.82) is 0 Å². The highest BCUT2D eigenvalue weighted by atomic mass is 19.1. The quantitative estimate of drug-likeness (QED) is 0.639. The van der Waals surface area contributed by atoms with Crippen molar-refractivity contribution >= 4 is 17.4 Å². The van der Waals surface area contributed by atoms with Crippen molar-refractivity contribution in [2.75, 3.05) is 13.1 Å². The molecule has 1 saturated carbocycles. The maximum atomic E-state index is 14.5. The minimum atomic E-state index is -0.526. The molecule has 1 fully saturated rings. The van der Waals surface area contributed by atoms with Crippen molar-refractivity contribution in [2.45, 2.75) is 44.8 Å². The minimum absolute atomic E-state index is 0.0170. The molecule has 2 aliphatic rings. The fourth-order valence-electron chi connectivity index (χ4n) is 4.31. The van der Waals surface area contributed by atoms with Crippen molar-refractivity contribution in [1.82, 2.24) is 15.5 Å². The van der Waals surface area contributed by atoms with Gasteiger partial charge in [0.25, 0.3) is 0 Å². The molecule has 0 aromatic heterocycles. The Hall–Kier alpha value is -3.06. The van der Waals surface area contributed by atoms with E-state index in [2.05, 4.69) is 10.6 Å². The molecule has 1 heterocycles. The van der Waals surface area contributed by atoms with Gasteiger partial charge < -0.3 is 10.2 Å². The SMILES string of the molecule is CC(C)NC(=O)CN[C@H](C(=O)N1CC(c2cc(F)ccc2F)=C[C@H]1c1ccccc1)C1CC1. The van der Waals surface area contributed by atoms with Crippen LogP contribution in [0.2, 0.25) is 0 Å². The van der Waals surface area contributed by atoms with Crippen LogP contribution < -0.4 is 10.6 Å². The molecule has 7 heteroatoms. The molecule has 0 bridgehead atoms. The topological polar surface area (TPSA) is 61.4 Å². The molecule has 2 aromatic rings. The van der Waals surface area contributed by atoms with E-state index in [9.17, 15) is 18.4 Å². The Labute approximate surface area is 192 Å². The summed E-state index contributed by atoms with van der Waals surface area (Å²) in [4.78, 5) is 27.6. The van der Waals surface area contributed by atoms with Crippen LogP contribution in [0.4, 0.5) is 8.78 Å². The first-order chi connectivity index (χ1) is 15.8. The van der Waals surface area contributed by atoms with Crippen LogP contribution in [0.3, 0.4) is 0 Å². The van der Waals surface area contributed by atoms with Crippen molar-refractivity contribution < 1.29 is 18.4 Å². The maximum Gasteiger partial charge on any atom is 0.241 e. The van der Waals surface area contributed by atoms with Gasteiger partial charge in [-0.25, -0.2) is 8.78 Å². The first-order valence-corrected chi connectivity index (χ1v) is 11.4. The normalized spacial score (nSPS) is 18.9. The lowest BCUT2D eigenvalue weighted by atomic mass is 10.0. The molecule has 0 saturated heterocycles. The number of carbonyl (C=O) groups is 2. The highest BCUT2D eigenvalue weighted by Crippen LogP contribution is 2.39. The van der Waals surface area contributed by atoms with E-state index in [-0.39, 0.29) is 42.4 Å². The van der Waals surface area contributed by atoms with Gasteiger partial charge in [-0.05, 0) is 61.9 Å². The lowest BCUT2D eigenvalue weighted by Gasteiger charge is -2.30. The van der Waals surface area contributed by atoms with Gasteiger partial charge in [0.15, 0.2) is 0 Å². The molecule has 4 rings (SSSR count). The minimum Gasteiger partial charge on any atom is -0.353 e. The number of hydrogen-bond donors (Lipinski definition) is 2. The zero-order valence-corrected chi connectivity index (χ0v) is 18.9. The monoisotopic (exact) mass is 453 g/mol. The average molecular weight is 454 g/mol. The molecule has 33 heavy (non-hydrogen) atoms. The van der Waals surface area contributed by atoms with Crippen molar-refractivity contribution in [3.8, 4) is 0 Å². The van der Waals surface area contributed by atoms with E-state index in [1.807, 2.05) is 50.3 Å². The third-order valence-electron chi connectivity index (χ3n) is 6.03. The fraction of sp³-hybridized carbons (Fsp3) is 0.385. The lowest BCUT2D eigenvalue weighted by Crippen LogP contribution is -2.51. The van der Waals surface area contributed by atoms with Gasteiger partial charge in [-0.3, -0.25) is 14.9 Å². The molecule has 0 spiro atoms. The summed E-state index contributed by atoms with van der Waals surface area (Å²) in [5.74, 6) is -1.18. The Balaban J connectivity index is 1.59. The smallest absolute Gasteiger partial charge is 0.241 e. The Morgan fingerprint density at radius 3 is 2.48 bits per heavy atom. The van der Waals surface area contributed by atoms with E-state index in [1.54, 1.807) is 4.90 Å². The van der Waals surface area contributed by atoms with E-state index >= 15 is 0 Å². The van der Waals surface area contributed by atoms with Gasteiger partial charge in [-0.1, -0.05) is 36.4 Å². The Morgan fingerprint density at radius 2 is 1.82 bits per heavy atom. The molecule has 1 aliphatic carbocycles. The van der Waals surface area contributed by atoms with Crippen LogP contribution in [0.25, 0.3) is 5.57 Å². The highest BCUT2D eigenvalue weighted by molar-refractivity contribution is 5.88. The van der Waals surface area contributed by atoms with Crippen LogP contribution in [0.5, 0.6) is 0 Å². The van der Waals surface area contributed by atoms with Crippen molar-refractivity contribution in [2.24, 2.45) is 5.92 Å². The molecule has 0 radical (unpaired) electrons. The summed E-state index contributed by atoms with van der Waals surface area (Å²) in [6.45, 7) is 3.99. The summed E-state index contributed by atoms with van der Waals surface area (Å²) in [6.07, 6.45) is 3.66. The second-order valence-corrected chi connectivity index (χ2v) is 9.06. The number of hydrogen-bond acceptors (Lipinski definition) is 3. The predicted molar refractivity (Wildman–Crippen MR) is 123 cm³/mol. The number of amides is 2. The predicted octanol–water partition coefficient (Wildman–Crippen LogP) is 3.82. The summed E-state index contributed by atoms with van der Waals surface area (Å²) in [7, 11) is 0. The largest absolute Gasteiger partial charge is 0.353 e. The first kappa shape index (κ1) is 23.1. The van der Waals surface area contributed by atoms with E-state index in [0.29, 0.717) is 5.57 Å². The molecule has 2 amide bonds. The number of carbonyl (C=O) groups excluding carboxylic acids is 2. The molecule has 5 nitrogen and oxygen atoms in total. The van der Waals surface area contributed by atoms with Gasteiger partial charge in [0.2, 0.25) is 11.8 Å². The Bertz CT molecular complexity index is 1050. The number of rotatable bonds is 8. The molecule has 2 aromatic carbocycles. The van der Waals surface area contributed by atoms with Crippen molar-refractivity contribution in [3.05, 3.63) is 77.4 Å². The van der Waals surface area contributed by atoms with E-state index in [4.69, 9.17) is 0 Å². The molecular formula is C26H29F2N3O2. The molecule has 2 N–H and O–H groups in total. The van der Waals surface area contributed by atoms with Crippen LogP contribution in [0.15, 0.2) is 54.6 Å². The van der Waals surface area contributed by atoms with Crippen molar-refractivity contribution in [3.63, 3.8) is 0 Å². The lowest BCUT2D eigenvalue weighted by molar-refractivity contribution is -0.134. The van der Waals surface area contributed by atoms with E-state index < -0.39 is 23.7 Å². The molecule has 1 aliphatic heterocycles. The van der Waals surface area contributed by atoms with E-state index in [1.165, 1.54) is 6.07 Å². The van der Waals surface area contributed by atoms with Gasteiger partial charge >= 0.3 is 0 Å². The van der Waals surface area contributed by atoms with Gasteiger partial charge in [0.1, 0.15) is 11.6 Å². The third kappa shape index (κ3) is 5.47. The molecular weight excluding hydrogens is 424 g/mol. The molecule has 174 valence electrons. The van der Waals surface area contributed by atoms with Crippen LogP contribution in [0, 0.1) is 17.6 Å². The van der Waals surface area contributed by atoms with Crippen LogP contribution in [0.1, 0.15) is 43.9 Å². The number of nitrogens with zero attached hydrogens (tertiary/aromatic N) is 1. The van der Waals surface area contributed by atoms with Crippen LogP contribution in [-0.4, -0.2) is 41.9 Å². The average Bonchev–Trinajstić information content (AvgIpc) is 3.52. The second-order valence-electron chi connectivity index (χ2n) is 9.06. The summed E-state index contributed by atoms with van der Waals surface area (Å²) in [6, 6.07) is 12.0. The van der Waals surface area contributed by atoms with Gasteiger partial charge in [0.05, 0.1) is 18.6 Å². The standard InChI is InChI=1S/C26H29F2N3O2/c1-16(2)30-24(32)14-29-25(18-8-9-18)26(33)31-15-19(21-13-20(27)10-11-22(21)28)12-23(31)17-6-4-3-5-7-17/h3-7,10-13,16,18,23,25,29H,8-9,14-15H2,1-2H3,(H,30,32)/t23-,25-/m0/s1. The van der Waals surface area contributed by atoms with Gasteiger partial charge in [-0.2, -0.15) is 0 Å². The van der Waals surface area contributed by atoms with Crippen LogP contribution in [-0.2, 0) is 9.59 Å². The zero-order chi connectivity index (χ0) is 23.5. The Morgan fingerprint density at radius 1 is 1.09 bits per heavy atom. The number of halogens is 2. The summed E-state index contributed by atoms with van der Waals surface area (Å²) >= 11 is 0. The number of benzene rings is 2. The van der Waals surface area contributed by atoms with Crippen LogP contribution >= 0.6 is 0 Å². The van der Waals surface area contributed by atoms with Gasteiger partial charge in [-0.15, -0.1) is 0 Å². The van der Waals surface area contributed by atoms with Gasteiger partial charge in [0, 0.05) is 18.2 Å². The zero-order valence-electron chi connectivity index (χ0n) is 18.9. The van der Waals surface area contributed by atoms with E-state index in [0.717, 1.165) is 30.5 Å². The molecule has 0 unspecified atom stereocenters. The third-order valence-corrected chi connectivity index (χ3v) is 6.03. The molecule has 2 atom stereocenters. The first-order valence-electron chi connectivity index (χ1n) is 11.4. The number of nitrogens with one attached hydrogen (secondary N) is 2. The highest BCUT2D eigenvalue weighted by Gasteiger charge is 2.42. The second kappa shape index (κ2) is 9.83. The summed E-state index contributed by atoms with van der Waals surface area (Å²) in [5.41, 5.74) is 1.63. The summed E-state index contributed by atoms with van der Waals surface area (Å²) < 4.78 is 28.4. The summed E-state index contributed by atoms with van der Waals surface area (Å²) in [5, 5.41) is 5.98. The maximum absolute atomic E-state index is 14.5. The fourth-order valence-corrected chi connectivity index (χ4v) is 4.31.